The summed E-state index contributed by atoms with van der Waals surface area (Å²) in [6.45, 7) is 5.71. The molecule has 174 valence electrons. The Hall–Kier alpha value is -1.76. The van der Waals surface area contributed by atoms with Gasteiger partial charge in [-0.2, -0.15) is 0 Å². The van der Waals surface area contributed by atoms with Crippen LogP contribution >= 0.6 is 0 Å². The van der Waals surface area contributed by atoms with Crippen molar-refractivity contribution in [2.24, 2.45) is 22.7 Å². The van der Waals surface area contributed by atoms with Gasteiger partial charge in [-0.3, -0.25) is 4.79 Å². The molecular weight excluding hydrogens is 408 g/mol. The fraction of sp³-hybridized carbons (Fsp3) is 0.692. The Bertz CT molecular complexity index is 1020. The van der Waals surface area contributed by atoms with Crippen LogP contribution in [0.2, 0.25) is 0 Å². The lowest BCUT2D eigenvalue weighted by Gasteiger charge is -2.66. The predicted octanol–water partition coefficient (Wildman–Crippen LogP) is 3.09. The van der Waals surface area contributed by atoms with Crippen LogP contribution in [0.5, 0.6) is 0 Å². The zero-order chi connectivity index (χ0) is 23.1. The molecule has 3 N–H and O–H groups in total. The molecule has 1 aromatic heterocycles. The Morgan fingerprint density at radius 3 is 2.50 bits per heavy atom. The zero-order valence-electron chi connectivity index (χ0n) is 19.1. The van der Waals surface area contributed by atoms with Crippen molar-refractivity contribution in [2.75, 3.05) is 0 Å². The van der Waals surface area contributed by atoms with Crippen LogP contribution in [0.3, 0.4) is 0 Å². The van der Waals surface area contributed by atoms with E-state index in [2.05, 4.69) is 6.92 Å². The molecule has 1 heterocycles. The molecule has 3 saturated carbocycles. The number of rotatable bonds is 2. The van der Waals surface area contributed by atoms with Crippen LogP contribution < -0.4 is 5.63 Å². The van der Waals surface area contributed by atoms with E-state index in [1.165, 1.54) is 12.3 Å². The summed E-state index contributed by atoms with van der Waals surface area (Å²) >= 11 is 0. The highest BCUT2D eigenvalue weighted by molar-refractivity contribution is 5.82. The number of hydrogen-bond acceptors (Lipinski definition) is 6. The maximum Gasteiger partial charge on any atom is 0.335 e. The minimum absolute atomic E-state index is 0.0290. The molecule has 32 heavy (non-hydrogen) atoms. The Balaban J connectivity index is 1.62. The number of aliphatic hydroxyl groups is 3. The average molecular weight is 443 g/mol. The Morgan fingerprint density at radius 1 is 1.09 bits per heavy atom. The summed E-state index contributed by atoms with van der Waals surface area (Å²) in [6.07, 6.45) is 6.82. The molecule has 0 spiro atoms. The van der Waals surface area contributed by atoms with Gasteiger partial charge in [-0.15, -0.1) is 0 Å². The Kier molecular flexibility index (Phi) is 4.74. The van der Waals surface area contributed by atoms with E-state index in [0.717, 1.165) is 24.0 Å². The topological polar surface area (TPSA) is 108 Å². The van der Waals surface area contributed by atoms with Crippen molar-refractivity contribution in [3.63, 3.8) is 0 Å². The third-order valence-electron chi connectivity index (χ3n) is 10.0. The van der Waals surface area contributed by atoms with Crippen LogP contribution in [0.25, 0.3) is 0 Å². The van der Waals surface area contributed by atoms with E-state index in [1.807, 2.05) is 13.0 Å². The summed E-state index contributed by atoms with van der Waals surface area (Å²) in [4.78, 5) is 24.2. The largest absolute Gasteiger partial charge is 0.431 e. The summed E-state index contributed by atoms with van der Waals surface area (Å²) in [5.41, 5.74) is -2.39. The van der Waals surface area contributed by atoms with Crippen molar-refractivity contribution < 1.29 is 24.5 Å². The van der Waals surface area contributed by atoms with E-state index in [4.69, 9.17) is 4.42 Å². The van der Waals surface area contributed by atoms with Gasteiger partial charge in [-0.25, -0.2) is 4.79 Å². The van der Waals surface area contributed by atoms with E-state index in [0.29, 0.717) is 25.7 Å². The molecule has 6 heteroatoms. The van der Waals surface area contributed by atoms with E-state index >= 15 is 0 Å². The van der Waals surface area contributed by atoms with Crippen LogP contribution in [-0.4, -0.2) is 38.4 Å². The van der Waals surface area contributed by atoms with Gasteiger partial charge in [-0.05, 0) is 80.8 Å². The van der Waals surface area contributed by atoms with Crippen molar-refractivity contribution in [2.45, 2.75) is 88.9 Å². The highest BCUT2D eigenvalue weighted by atomic mass is 16.4. The first kappa shape index (κ1) is 22.1. The third kappa shape index (κ3) is 2.63. The Morgan fingerprint density at radius 2 is 1.84 bits per heavy atom. The molecule has 0 amide bonds. The molecule has 5 rings (SSSR count). The van der Waals surface area contributed by atoms with Crippen molar-refractivity contribution in [1.82, 2.24) is 0 Å². The highest BCUT2D eigenvalue weighted by Gasteiger charge is 2.74. The molecule has 0 aromatic carbocycles. The van der Waals surface area contributed by atoms with Crippen LogP contribution in [-0.2, 0) is 4.79 Å². The minimum Gasteiger partial charge on any atom is -0.431 e. The molecular formula is C26H34O6. The zero-order valence-corrected chi connectivity index (χ0v) is 19.1. The lowest BCUT2D eigenvalue weighted by atomic mass is 9.41. The maximum absolute atomic E-state index is 12.8. The molecule has 4 aliphatic carbocycles. The summed E-state index contributed by atoms with van der Waals surface area (Å²) in [6, 6.07) is 3.18. The third-order valence-corrected chi connectivity index (χ3v) is 10.0. The van der Waals surface area contributed by atoms with Crippen LogP contribution in [0.15, 0.2) is 39.3 Å². The van der Waals surface area contributed by atoms with E-state index in [1.54, 1.807) is 13.0 Å². The monoisotopic (exact) mass is 442 g/mol. The van der Waals surface area contributed by atoms with Crippen molar-refractivity contribution in [3.8, 4) is 0 Å². The van der Waals surface area contributed by atoms with Gasteiger partial charge in [0.1, 0.15) is 5.78 Å². The lowest BCUT2D eigenvalue weighted by Crippen LogP contribution is -2.73. The molecule has 0 aliphatic heterocycles. The van der Waals surface area contributed by atoms with Crippen molar-refractivity contribution >= 4 is 5.78 Å². The molecule has 0 radical (unpaired) electrons. The summed E-state index contributed by atoms with van der Waals surface area (Å²) in [7, 11) is 0. The second-order valence-corrected chi connectivity index (χ2v) is 11.3. The summed E-state index contributed by atoms with van der Waals surface area (Å²) in [5.74, 6) is -0.763. The molecule has 6 nitrogen and oxygen atoms in total. The van der Waals surface area contributed by atoms with E-state index in [9.17, 15) is 24.9 Å². The number of carbonyl (C=O) groups excluding carboxylic acids is 1. The summed E-state index contributed by atoms with van der Waals surface area (Å²) < 4.78 is 5.13. The second kappa shape index (κ2) is 6.87. The quantitative estimate of drug-likeness (QED) is 0.608. The number of fused-ring (bicyclic) bond motifs is 5. The van der Waals surface area contributed by atoms with Crippen molar-refractivity contribution in [1.29, 1.82) is 0 Å². The maximum atomic E-state index is 12.8. The fourth-order valence-corrected chi connectivity index (χ4v) is 8.31. The van der Waals surface area contributed by atoms with Gasteiger partial charge in [0.05, 0.1) is 23.6 Å². The van der Waals surface area contributed by atoms with Gasteiger partial charge in [0.25, 0.3) is 0 Å². The normalized spacial score (nSPS) is 47.8. The number of carbonyl (C=O) groups is 1. The van der Waals surface area contributed by atoms with Gasteiger partial charge in [0.2, 0.25) is 0 Å². The predicted molar refractivity (Wildman–Crippen MR) is 118 cm³/mol. The SMILES string of the molecule is CC(=O)[C@@H]1C[C@]2(O)[C@H](CC[C@]3(C)[C@@H](c4ccc(=O)oc4)CC[C@@]32O)[C@@]2(C)CC[C@H](O)C=C12. The molecule has 4 aliphatic rings. The summed E-state index contributed by atoms with van der Waals surface area (Å²) in [5, 5.41) is 35.1. The van der Waals surface area contributed by atoms with Gasteiger partial charge in [0, 0.05) is 17.4 Å². The molecule has 0 unspecified atom stereocenters. The van der Waals surface area contributed by atoms with Gasteiger partial charge in [-0.1, -0.05) is 25.5 Å². The van der Waals surface area contributed by atoms with Gasteiger partial charge < -0.3 is 19.7 Å². The first-order valence-corrected chi connectivity index (χ1v) is 11.9. The molecule has 0 bridgehead atoms. The van der Waals surface area contributed by atoms with Crippen molar-refractivity contribution in [3.05, 3.63) is 46.0 Å². The first-order valence-electron chi connectivity index (χ1n) is 11.9. The number of Topliss-reactive ketones (excluding diaryl/α,β-unsaturated/α-hetero) is 1. The van der Waals surface area contributed by atoms with Crippen LogP contribution in [0, 0.1) is 22.7 Å². The highest BCUT2D eigenvalue weighted by Crippen LogP contribution is 2.72. The smallest absolute Gasteiger partial charge is 0.335 e. The molecule has 8 atom stereocenters. The van der Waals surface area contributed by atoms with Gasteiger partial charge >= 0.3 is 5.63 Å². The van der Waals surface area contributed by atoms with E-state index in [-0.39, 0.29) is 24.0 Å². The number of aliphatic hydroxyl groups excluding tert-OH is 1. The lowest BCUT2D eigenvalue weighted by molar-refractivity contribution is -0.279. The average Bonchev–Trinajstić information content (AvgIpc) is 3.01. The second-order valence-electron chi connectivity index (χ2n) is 11.3. The molecule has 1 aromatic rings. The van der Waals surface area contributed by atoms with E-state index < -0.39 is 39.7 Å². The van der Waals surface area contributed by atoms with Gasteiger partial charge in [0.15, 0.2) is 0 Å². The Labute approximate surface area is 188 Å². The molecule has 3 fully saturated rings. The van der Waals surface area contributed by atoms with Crippen LogP contribution in [0.1, 0.15) is 77.2 Å². The number of allylic oxidation sites excluding steroid dienone is 1. The number of hydrogen-bond donors (Lipinski definition) is 3. The van der Waals surface area contributed by atoms with Crippen LogP contribution in [0.4, 0.5) is 0 Å². The first-order chi connectivity index (χ1) is 15.0. The fourth-order valence-electron chi connectivity index (χ4n) is 8.31. The standard InChI is InChI=1S/C26H34O6/c1-15(27)18-13-25(30)21(23(2)9-6-17(28)12-20(18)23)8-10-24(3)19(7-11-26(24,25)31)16-4-5-22(29)32-14-16/h4-5,12,14,17-19,21,28,30-31H,6-11,13H2,1-3H3/t17-,18-,19+,21+,23-,24+,25-,26+/m0/s1. The molecule has 0 saturated heterocycles. The minimum atomic E-state index is -1.41. The number of ketones is 1.